The first-order valence-electron chi connectivity index (χ1n) is 9.82. The van der Waals surface area contributed by atoms with E-state index >= 15 is 0 Å². The standard InChI is InChI=1S/C26H17ClN2S/c27-18-14-15-24-22(16-18)29(21-12-6-7-13-23(21)30-24)26-19-10-4-5-11-20(19)28-25(26)17-8-2-1-3-9-17/h1-16,28H. The molecular weight excluding hydrogens is 408 g/mol. The highest BCUT2D eigenvalue weighted by atomic mass is 35.5. The molecule has 0 saturated heterocycles. The third-order valence-electron chi connectivity index (χ3n) is 5.45. The Bertz CT molecular complexity index is 1390. The first-order valence-corrected chi connectivity index (χ1v) is 11.0. The molecule has 30 heavy (non-hydrogen) atoms. The lowest BCUT2D eigenvalue weighted by Gasteiger charge is -2.33. The molecule has 0 unspecified atom stereocenters. The Morgan fingerprint density at radius 3 is 2.33 bits per heavy atom. The van der Waals surface area contributed by atoms with Crippen molar-refractivity contribution in [2.45, 2.75) is 9.79 Å². The van der Waals surface area contributed by atoms with Gasteiger partial charge in [0, 0.05) is 31.3 Å². The van der Waals surface area contributed by atoms with Gasteiger partial charge >= 0.3 is 0 Å². The molecule has 1 aliphatic heterocycles. The number of anilines is 3. The summed E-state index contributed by atoms with van der Waals surface area (Å²) in [4.78, 5) is 8.46. The van der Waals surface area contributed by atoms with E-state index < -0.39 is 0 Å². The van der Waals surface area contributed by atoms with E-state index in [1.807, 2.05) is 12.1 Å². The summed E-state index contributed by atoms with van der Waals surface area (Å²) in [5.41, 5.74) is 6.79. The van der Waals surface area contributed by atoms with E-state index in [-0.39, 0.29) is 0 Å². The zero-order valence-corrected chi connectivity index (χ0v) is 17.5. The number of nitrogens with zero attached hydrogens (tertiary/aromatic N) is 1. The molecule has 4 aromatic carbocycles. The van der Waals surface area contributed by atoms with Gasteiger partial charge in [-0.25, -0.2) is 0 Å². The number of H-pyrrole nitrogens is 1. The van der Waals surface area contributed by atoms with Gasteiger partial charge in [0.1, 0.15) is 0 Å². The van der Waals surface area contributed by atoms with E-state index in [1.54, 1.807) is 11.8 Å². The van der Waals surface area contributed by atoms with Gasteiger partial charge in [0.2, 0.25) is 0 Å². The average Bonchev–Trinajstić information content (AvgIpc) is 3.17. The molecule has 4 heteroatoms. The van der Waals surface area contributed by atoms with Crippen LogP contribution >= 0.6 is 23.4 Å². The maximum atomic E-state index is 6.46. The molecule has 0 radical (unpaired) electrons. The van der Waals surface area contributed by atoms with Crippen molar-refractivity contribution in [3.05, 3.63) is 102 Å². The average molecular weight is 425 g/mol. The molecule has 5 aromatic rings. The molecule has 1 aromatic heterocycles. The number of nitrogens with one attached hydrogen (secondary N) is 1. The van der Waals surface area contributed by atoms with Crippen LogP contribution in [0.3, 0.4) is 0 Å². The van der Waals surface area contributed by atoms with Gasteiger partial charge in [0.05, 0.1) is 22.8 Å². The van der Waals surface area contributed by atoms with Crippen molar-refractivity contribution < 1.29 is 0 Å². The van der Waals surface area contributed by atoms with Crippen LogP contribution in [0.4, 0.5) is 17.1 Å². The van der Waals surface area contributed by atoms with Crippen LogP contribution in [0.2, 0.25) is 5.02 Å². The molecular formula is C26H17ClN2S. The summed E-state index contributed by atoms with van der Waals surface area (Å²) in [5, 5.41) is 1.92. The van der Waals surface area contributed by atoms with Crippen LogP contribution in [0.1, 0.15) is 0 Å². The van der Waals surface area contributed by atoms with Gasteiger partial charge in [0.25, 0.3) is 0 Å². The maximum Gasteiger partial charge on any atom is 0.0797 e. The van der Waals surface area contributed by atoms with E-state index in [1.165, 1.54) is 20.9 Å². The van der Waals surface area contributed by atoms with Crippen molar-refractivity contribution in [1.82, 2.24) is 4.98 Å². The summed E-state index contributed by atoms with van der Waals surface area (Å²) in [7, 11) is 0. The quantitative estimate of drug-likeness (QED) is 0.300. The monoisotopic (exact) mass is 424 g/mol. The Morgan fingerprint density at radius 1 is 0.700 bits per heavy atom. The van der Waals surface area contributed by atoms with Crippen LogP contribution in [-0.4, -0.2) is 4.98 Å². The van der Waals surface area contributed by atoms with Gasteiger partial charge in [-0.05, 0) is 36.4 Å². The normalized spacial score (nSPS) is 12.6. The van der Waals surface area contributed by atoms with Crippen molar-refractivity contribution in [2.75, 3.05) is 4.90 Å². The smallest absolute Gasteiger partial charge is 0.0797 e. The topological polar surface area (TPSA) is 19.0 Å². The van der Waals surface area contributed by atoms with E-state index in [0.717, 1.165) is 33.2 Å². The first-order chi connectivity index (χ1) is 14.8. The predicted molar refractivity (Wildman–Crippen MR) is 128 cm³/mol. The van der Waals surface area contributed by atoms with E-state index in [4.69, 9.17) is 11.6 Å². The second-order valence-electron chi connectivity index (χ2n) is 7.28. The third kappa shape index (κ3) is 2.74. The molecule has 0 amide bonds. The van der Waals surface area contributed by atoms with Crippen molar-refractivity contribution >= 4 is 51.3 Å². The number of hydrogen-bond acceptors (Lipinski definition) is 2. The highest BCUT2D eigenvalue weighted by Gasteiger charge is 2.29. The molecule has 2 heterocycles. The van der Waals surface area contributed by atoms with Gasteiger partial charge in [0.15, 0.2) is 0 Å². The Kier molecular flexibility index (Phi) is 4.12. The maximum absolute atomic E-state index is 6.46. The lowest BCUT2D eigenvalue weighted by Crippen LogP contribution is -2.15. The van der Waals surface area contributed by atoms with Crippen molar-refractivity contribution in [3.63, 3.8) is 0 Å². The number of aromatic amines is 1. The number of benzene rings is 4. The van der Waals surface area contributed by atoms with Crippen LogP contribution in [0, 0.1) is 0 Å². The highest BCUT2D eigenvalue weighted by Crippen LogP contribution is 2.55. The molecule has 144 valence electrons. The second kappa shape index (κ2) is 6.98. The lowest BCUT2D eigenvalue weighted by molar-refractivity contribution is 1.17. The van der Waals surface area contributed by atoms with Gasteiger partial charge in [-0.2, -0.15) is 0 Å². The Balaban J connectivity index is 1.72. The number of halogens is 1. The van der Waals surface area contributed by atoms with Crippen LogP contribution in [0.25, 0.3) is 22.2 Å². The molecule has 0 spiro atoms. The van der Waals surface area contributed by atoms with Crippen LogP contribution in [0.15, 0.2) is 107 Å². The largest absolute Gasteiger partial charge is 0.353 e. The zero-order valence-electron chi connectivity index (χ0n) is 16.0. The molecule has 6 rings (SSSR count). The van der Waals surface area contributed by atoms with Gasteiger partial charge in [-0.1, -0.05) is 84.0 Å². The van der Waals surface area contributed by atoms with E-state index in [0.29, 0.717) is 0 Å². The highest BCUT2D eigenvalue weighted by molar-refractivity contribution is 7.99. The van der Waals surface area contributed by atoms with E-state index in [9.17, 15) is 0 Å². The summed E-state index contributed by atoms with van der Waals surface area (Å²) in [6.45, 7) is 0. The SMILES string of the molecule is Clc1ccc2c(c1)N(c1c(-c3ccccc3)[nH]c3ccccc13)c1ccccc1S2. The molecule has 2 nitrogen and oxygen atoms in total. The molecule has 1 aliphatic rings. The molecule has 0 saturated carbocycles. The first kappa shape index (κ1) is 17.7. The Morgan fingerprint density at radius 2 is 1.43 bits per heavy atom. The minimum absolute atomic E-state index is 0.736. The minimum atomic E-state index is 0.736. The number of hydrogen-bond donors (Lipinski definition) is 1. The lowest BCUT2D eigenvalue weighted by atomic mass is 10.1. The predicted octanol–water partition coefficient (Wildman–Crippen LogP) is 8.42. The molecule has 0 bridgehead atoms. The number of fused-ring (bicyclic) bond motifs is 3. The fourth-order valence-corrected chi connectivity index (χ4v) is 5.35. The van der Waals surface area contributed by atoms with Crippen LogP contribution in [-0.2, 0) is 0 Å². The summed E-state index contributed by atoms with van der Waals surface area (Å²) in [6, 6.07) is 33.7. The number of para-hydroxylation sites is 2. The van der Waals surface area contributed by atoms with Gasteiger partial charge in [-0.3, -0.25) is 0 Å². The second-order valence-corrected chi connectivity index (χ2v) is 8.80. The van der Waals surface area contributed by atoms with Gasteiger partial charge in [-0.15, -0.1) is 0 Å². The summed E-state index contributed by atoms with van der Waals surface area (Å²) < 4.78 is 0. The van der Waals surface area contributed by atoms with Crippen molar-refractivity contribution in [2.24, 2.45) is 0 Å². The molecule has 1 N–H and O–H groups in total. The van der Waals surface area contributed by atoms with Crippen LogP contribution in [0.5, 0.6) is 0 Å². The number of aromatic nitrogens is 1. The van der Waals surface area contributed by atoms with Crippen LogP contribution < -0.4 is 4.90 Å². The molecule has 0 fully saturated rings. The summed E-state index contributed by atoms with van der Waals surface area (Å²) in [6.07, 6.45) is 0. The molecule has 0 atom stereocenters. The summed E-state index contributed by atoms with van der Waals surface area (Å²) >= 11 is 8.25. The fraction of sp³-hybridized carbons (Fsp3) is 0. The Hall–Kier alpha value is -3.14. The van der Waals surface area contributed by atoms with Crippen molar-refractivity contribution in [3.8, 4) is 11.3 Å². The fourth-order valence-electron chi connectivity index (χ4n) is 4.14. The third-order valence-corrected chi connectivity index (χ3v) is 6.82. The molecule has 0 aliphatic carbocycles. The van der Waals surface area contributed by atoms with E-state index in [2.05, 4.69) is 94.8 Å². The number of rotatable bonds is 2. The Labute approximate surface area is 184 Å². The zero-order chi connectivity index (χ0) is 20.1. The van der Waals surface area contributed by atoms with Gasteiger partial charge < -0.3 is 9.88 Å². The minimum Gasteiger partial charge on any atom is -0.353 e. The van der Waals surface area contributed by atoms with Crippen molar-refractivity contribution in [1.29, 1.82) is 0 Å². The summed E-state index contributed by atoms with van der Waals surface area (Å²) in [5.74, 6) is 0.